The lowest BCUT2D eigenvalue weighted by atomic mass is 9.87. The molecule has 0 aliphatic carbocycles. The number of anilines is 1. The van der Waals surface area contributed by atoms with Crippen molar-refractivity contribution in [2.45, 2.75) is 51.4 Å². The summed E-state index contributed by atoms with van der Waals surface area (Å²) in [5.74, 6) is 1.65. The van der Waals surface area contributed by atoms with E-state index in [9.17, 15) is 4.79 Å². The molecule has 0 fully saturated rings. The van der Waals surface area contributed by atoms with Crippen LogP contribution in [0.25, 0.3) is 0 Å². The van der Waals surface area contributed by atoms with Crippen molar-refractivity contribution in [1.29, 1.82) is 0 Å². The Morgan fingerprint density at radius 3 is 2.62 bits per heavy atom. The van der Waals surface area contributed by atoms with Crippen LogP contribution < -0.4 is 10.1 Å². The zero-order valence-electron chi connectivity index (χ0n) is 17.0. The summed E-state index contributed by atoms with van der Waals surface area (Å²) in [4.78, 5) is 16.1. The van der Waals surface area contributed by atoms with Crippen LogP contribution in [0.15, 0.2) is 41.0 Å². The number of carbonyl (C=O) groups is 1. The van der Waals surface area contributed by atoms with Crippen LogP contribution in [-0.2, 0) is 23.4 Å². The van der Waals surface area contributed by atoms with Crippen molar-refractivity contribution in [3.05, 3.63) is 47.2 Å². The van der Waals surface area contributed by atoms with Gasteiger partial charge in [-0.05, 0) is 30.0 Å². The first-order valence-electron chi connectivity index (χ1n) is 9.34. The molecule has 2 aromatic heterocycles. The Morgan fingerprint density at radius 2 is 2.00 bits per heavy atom. The van der Waals surface area contributed by atoms with E-state index in [-0.39, 0.29) is 17.1 Å². The molecule has 0 aliphatic rings. The van der Waals surface area contributed by atoms with Gasteiger partial charge in [-0.2, -0.15) is 0 Å². The first-order chi connectivity index (χ1) is 13.9. The third-order valence-electron chi connectivity index (χ3n) is 4.21. The van der Waals surface area contributed by atoms with Gasteiger partial charge in [0.05, 0.1) is 5.75 Å². The highest BCUT2D eigenvalue weighted by molar-refractivity contribution is 7.99. The molecule has 0 saturated heterocycles. The van der Waals surface area contributed by atoms with Crippen molar-refractivity contribution in [3.8, 4) is 5.75 Å². The first kappa shape index (κ1) is 21.3. The summed E-state index contributed by atoms with van der Waals surface area (Å²) < 4.78 is 7.86. The van der Waals surface area contributed by atoms with Crippen LogP contribution >= 0.6 is 23.1 Å². The van der Waals surface area contributed by atoms with Crippen LogP contribution in [-0.4, -0.2) is 31.4 Å². The lowest BCUT2D eigenvalue weighted by Crippen LogP contribution is -2.14. The third-order valence-corrected chi connectivity index (χ3v) is 5.86. The van der Waals surface area contributed by atoms with Crippen LogP contribution in [0.5, 0.6) is 5.75 Å². The second-order valence-corrected chi connectivity index (χ2v) is 9.22. The van der Waals surface area contributed by atoms with E-state index >= 15 is 0 Å². The van der Waals surface area contributed by atoms with Crippen LogP contribution in [0.1, 0.15) is 39.1 Å². The second-order valence-electron chi connectivity index (χ2n) is 7.38. The summed E-state index contributed by atoms with van der Waals surface area (Å²) in [6.07, 6.45) is 1.66. The predicted octanol–water partition coefficient (Wildman–Crippen LogP) is 4.36. The largest absolute Gasteiger partial charge is 0.486 e. The number of aromatic nitrogens is 4. The van der Waals surface area contributed by atoms with Gasteiger partial charge in [0.1, 0.15) is 12.4 Å². The lowest BCUT2D eigenvalue weighted by molar-refractivity contribution is -0.113. The number of amides is 1. The quantitative estimate of drug-likeness (QED) is 0.534. The summed E-state index contributed by atoms with van der Waals surface area (Å²) in [5.41, 5.74) is 1.37. The van der Waals surface area contributed by atoms with Crippen molar-refractivity contribution in [2.75, 3.05) is 11.1 Å². The molecular weight excluding hydrogens is 406 g/mol. The molecule has 1 aromatic carbocycles. The summed E-state index contributed by atoms with van der Waals surface area (Å²) >= 11 is 2.74. The molecule has 7 nitrogen and oxygen atoms in total. The number of thiazole rings is 1. The molecule has 0 atom stereocenters. The van der Waals surface area contributed by atoms with Crippen LogP contribution in [0.3, 0.4) is 0 Å². The van der Waals surface area contributed by atoms with Gasteiger partial charge in [0.15, 0.2) is 16.1 Å². The van der Waals surface area contributed by atoms with Crippen LogP contribution in [0.4, 0.5) is 5.13 Å². The van der Waals surface area contributed by atoms with Gasteiger partial charge in [0.25, 0.3) is 0 Å². The van der Waals surface area contributed by atoms with E-state index in [1.165, 1.54) is 28.7 Å². The highest BCUT2D eigenvalue weighted by atomic mass is 32.2. The molecule has 3 aromatic rings. The number of hydrogen-bond donors (Lipinski definition) is 1. The minimum atomic E-state index is -0.118. The monoisotopic (exact) mass is 431 g/mol. The fourth-order valence-corrected chi connectivity index (χ4v) is 3.99. The van der Waals surface area contributed by atoms with E-state index in [2.05, 4.69) is 53.4 Å². The number of carbonyl (C=O) groups excluding carboxylic acids is 1. The molecule has 1 amide bonds. The van der Waals surface area contributed by atoms with Gasteiger partial charge < -0.3 is 14.6 Å². The van der Waals surface area contributed by atoms with Gasteiger partial charge in [-0.1, -0.05) is 44.7 Å². The Hall–Kier alpha value is -2.39. The van der Waals surface area contributed by atoms with Gasteiger partial charge in [-0.3, -0.25) is 4.79 Å². The normalized spacial score (nSPS) is 11.4. The molecule has 0 saturated carbocycles. The van der Waals surface area contributed by atoms with E-state index in [0.29, 0.717) is 23.4 Å². The van der Waals surface area contributed by atoms with E-state index in [0.717, 1.165) is 11.6 Å². The summed E-state index contributed by atoms with van der Waals surface area (Å²) in [6.45, 7) is 9.59. The average Bonchev–Trinajstić information content (AvgIpc) is 3.33. The van der Waals surface area contributed by atoms with Crippen molar-refractivity contribution in [2.24, 2.45) is 0 Å². The standard InChI is InChI=1S/C20H25N5O2S2/c1-5-25-16(12-27-15-8-6-14(7-9-15)20(2,3)4)23-24-19(25)29-13-17(26)22-18-21-10-11-28-18/h6-11H,5,12-13H2,1-4H3,(H,21,22,26). The van der Waals surface area contributed by atoms with Crippen molar-refractivity contribution in [1.82, 2.24) is 19.7 Å². The minimum absolute atomic E-state index is 0.110. The van der Waals surface area contributed by atoms with Crippen molar-refractivity contribution in [3.63, 3.8) is 0 Å². The number of benzene rings is 1. The van der Waals surface area contributed by atoms with Gasteiger partial charge in [-0.15, -0.1) is 21.5 Å². The van der Waals surface area contributed by atoms with Gasteiger partial charge in [-0.25, -0.2) is 4.98 Å². The van der Waals surface area contributed by atoms with Gasteiger partial charge in [0.2, 0.25) is 5.91 Å². The molecule has 9 heteroatoms. The maximum Gasteiger partial charge on any atom is 0.236 e. The Balaban J connectivity index is 1.57. The highest BCUT2D eigenvalue weighted by Gasteiger charge is 2.15. The highest BCUT2D eigenvalue weighted by Crippen LogP contribution is 2.25. The Labute approximate surface area is 178 Å². The number of nitrogens with zero attached hydrogens (tertiary/aromatic N) is 4. The molecule has 1 N–H and O–H groups in total. The molecule has 154 valence electrons. The predicted molar refractivity (Wildman–Crippen MR) is 117 cm³/mol. The Kier molecular flexibility index (Phi) is 6.92. The maximum absolute atomic E-state index is 12.1. The maximum atomic E-state index is 12.1. The summed E-state index contributed by atoms with van der Waals surface area (Å²) in [7, 11) is 0. The topological polar surface area (TPSA) is 81.9 Å². The molecule has 0 spiro atoms. The Bertz CT molecular complexity index is 931. The minimum Gasteiger partial charge on any atom is -0.486 e. The van der Waals surface area contributed by atoms with Crippen molar-refractivity contribution < 1.29 is 9.53 Å². The number of ether oxygens (including phenoxy) is 1. The smallest absolute Gasteiger partial charge is 0.236 e. The SMILES string of the molecule is CCn1c(COc2ccc(C(C)(C)C)cc2)nnc1SCC(=O)Nc1nccs1. The van der Waals surface area contributed by atoms with Gasteiger partial charge >= 0.3 is 0 Å². The zero-order chi connectivity index (χ0) is 20.9. The molecular formula is C20H25N5O2S2. The molecule has 0 radical (unpaired) electrons. The van der Waals surface area contributed by atoms with E-state index < -0.39 is 0 Å². The Morgan fingerprint density at radius 1 is 1.24 bits per heavy atom. The number of thioether (sulfide) groups is 1. The van der Waals surface area contributed by atoms with E-state index in [4.69, 9.17) is 4.74 Å². The molecule has 2 heterocycles. The van der Waals surface area contributed by atoms with E-state index in [1.807, 2.05) is 29.0 Å². The molecule has 0 bridgehead atoms. The first-order valence-corrected chi connectivity index (χ1v) is 11.2. The zero-order valence-corrected chi connectivity index (χ0v) is 18.6. The van der Waals surface area contributed by atoms with Crippen molar-refractivity contribution >= 4 is 34.1 Å². The molecule has 0 aliphatic heterocycles. The fourth-order valence-electron chi connectivity index (χ4n) is 2.62. The molecule has 0 unspecified atom stereocenters. The third kappa shape index (κ3) is 5.80. The fraction of sp³-hybridized carbons (Fsp3) is 0.400. The van der Waals surface area contributed by atoms with Crippen LogP contribution in [0.2, 0.25) is 0 Å². The summed E-state index contributed by atoms with van der Waals surface area (Å²) in [5, 5.41) is 14.3. The summed E-state index contributed by atoms with van der Waals surface area (Å²) in [6, 6.07) is 8.13. The average molecular weight is 432 g/mol. The number of rotatable bonds is 8. The molecule has 29 heavy (non-hydrogen) atoms. The molecule has 3 rings (SSSR count). The number of hydrogen-bond acceptors (Lipinski definition) is 7. The second kappa shape index (κ2) is 9.41. The number of nitrogens with one attached hydrogen (secondary N) is 1. The van der Waals surface area contributed by atoms with Crippen LogP contribution in [0, 0.1) is 0 Å². The van der Waals surface area contributed by atoms with Gasteiger partial charge in [0, 0.05) is 18.1 Å². The van der Waals surface area contributed by atoms with E-state index in [1.54, 1.807) is 6.20 Å². The lowest BCUT2D eigenvalue weighted by Gasteiger charge is -2.19.